The van der Waals surface area contributed by atoms with E-state index in [-0.39, 0.29) is 29.9 Å². The molecule has 0 spiro atoms. The van der Waals surface area contributed by atoms with Crippen LogP contribution in [-0.2, 0) is 9.59 Å². The summed E-state index contributed by atoms with van der Waals surface area (Å²) in [6.07, 6.45) is 7.54. The minimum atomic E-state index is -0.547. The quantitative estimate of drug-likeness (QED) is 0.431. The van der Waals surface area contributed by atoms with Crippen molar-refractivity contribution in [1.29, 1.82) is 0 Å². The van der Waals surface area contributed by atoms with E-state index in [0.717, 1.165) is 56.3 Å². The summed E-state index contributed by atoms with van der Waals surface area (Å²) in [5, 5.41) is 16.1. The number of hydrogen-bond acceptors (Lipinski definition) is 5. The van der Waals surface area contributed by atoms with E-state index in [1.165, 1.54) is 11.9 Å². The molecule has 8 heteroatoms. The minimum absolute atomic E-state index is 0.0297. The Morgan fingerprint density at radius 3 is 2.44 bits per heavy atom. The standard InChI is InChI=1S/C24H32ClN3O3S/c25-18-4-1-2-5-19(18)32-28-24(6-3-7-24)22(31)27-20-16-10-15-11-17(20)14-23(12-15,13-16)21(30)26-8-9-29/h1-2,4-5,15-17,20,28-29H,3,6-14H2,(H,26,30)(H,27,31). The predicted molar refractivity (Wildman–Crippen MR) is 125 cm³/mol. The summed E-state index contributed by atoms with van der Waals surface area (Å²) < 4.78 is 3.44. The third-order valence-electron chi connectivity index (χ3n) is 8.28. The highest BCUT2D eigenvalue weighted by Crippen LogP contribution is 2.60. The lowest BCUT2D eigenvalue weighted by atomic mass is 9.47. The number of halogens is 1. The van der Waals surface area contributed by atoms with E-state index < -0.39 is 5.54 Å². The van der Waals surface area contributed by atoms with Gasteiger partial charge in [0.05, 0.1) is 17.0 Å². The largest absolute Gasteiger partial charge is 0.395 e. The van der Waals surface area contributed by atoms with Gasteiger partial charge in [-0.25, -0.2) is 4.72 Å². The SMILES string of the molecule is O=C(NCCO)C12CC3CC(C1)C(NC(=O)C1(NSc4ccccc4Cl)CCC1)C(C3)C2. The van der Waals surface area contributed by atoms with Crippen LogP contribution in [0.4, 0.5) is 0 Å². The van der Waals surface area contributed by atoms with Crippen LogP contribution in [0.3, 0.4) is 0 Å². The Morgan fingerprint density at radius 2 is 1.81 bits per heavy atom. The molecule has 0 heterocycles. The summed E-state index contributed by atoms with van der Waals surface area (Å²) in [7, 11) is 0. The average molecular weight is 478 g/mol. The maximum Gasteiger partial charge on any atom is 0.241 e. The summed E-state index contributed by atoms with van der Waals surface area (Å²) in [5.41, 5.74) is -0.853. The molecule has 0 saturated heterocycles. The Labute approximate surface area is 198 Å². The highest BCUT2D eigenvalue weighted by Gasteiger charge is 2.59. The Hall–Kier alpha value is -1.28. The van der Waals surface area contributed by atoms with Crippen molar-refractivity contribution in [1.82, 2.24) is 15.4 Å². The van der Waals surface area contributed by atoms with Crippen molar-refractivity contribution in [3.05, 3.63) is 29.3 Å². The second-order valence-electron chi connectivity index (χ2n) is 10.3. The predicted octanol–water partition coefficient (Wildman–Crippen LogP) is 3.28. The van der Waals surface area contributed by atoms with E-state index in [9.17, 15) is 9.59 Å². The van der Waals surface area contributed by atoms with Gasteiger partial charge in [0.2, 0.25) is 11.8 Å². The van der Waals surface area contributed by atoms with E-state index in [4.69, 9.17) is 16.7 Å². The van der Waals surface area contributed by atoms with Gasteiger partial charge in [-0.2, -0.15) is 0 Å². The van der Waals surface area contributed by atoms with Crippen LogP contribution in [0.5, 0.6) is 0 Å². The lowest BCUT2D eigenvalue weighted by molar-refractivity contribution is -0.152. The number of aliphatic hydroxyl groups excluding tert-OH is 1. The van der Waals surface area contributed by atoms with Gasteiger partial charge in [0.15, 0.2) is 0 Å². The molecule has 2 atom stereocenters. The molecule has 5 fully saturated rings. The second-order valence-corrected chi connectivity index (χ2v) is 11.6. The molecule has 2 amide bonds. The first-order valence-electron chi connectivity index (χ1n) is 11.8. The molecular formula is C24H32ClN3O3S. The number of amides is 2. The summed E-state index contributed by atoms with van der Waals surface area (Å²) >= 11 is 7.74. The Bertz CT molecular complexity index is 877. The van der Waals surface area contributed by atoms with Gasteiger partial charge in [-0.1, -0.05) is 23.7 Å². The molecule has 0 aliphatic heterocycles. The first kappa shape index (κ1) is 22.5. The fourth-order valence-electron chi connectivity index (χ4n) is 6.77. The number of nitrogens with one attached hydrogen (secondary N) is 3. The van der Waals surface area contributed by atoms with Gasteiger partial charge in [-0.3, -0.25) is 9.59 Å². The van der Waals surface area contributed by atoms with Crippen LogP contribution in [0.2, 0.25) is 5.02 Å². The number of carbonyl (C=O) groups is 2. The Morgan fingerprint density at radius 1 is 1.09 bits per heavy atom. The monoisotopic (exact) mass is 477 g/mol. The molecule has 6 rings (SSSR count). The normalized spacial score (nSPS) is 34.1. The van der Waals surface area contributed by atoms with E-state index in [2.05, 4.69) is 15.4 Å². The summed E-state index contributed by atoms with van der Waals surface area (Å²) in [4.78, 5) is 27.3. The van der Waals surface area contributed by atoms with Crippen molar-refractivity contribution in [3.8, 4) is 0 Å². The zero-order valence-corrected chi connectivity index (χ0v) is 19.8. The van der Waals surface area contributed by atoms with Crippen LogP contribution in [0.1, 0.15) is 51.4 Å². The smallest absolute Gasteiger partial charge is 0.241 e. The van der Waals surface area contributed by atoms with E-state index in [0.29, 0.717) is 29.3 Å². The fraction of sp³-hybridized carbons (Fsp3) is 0.667. The molecule has 1 aromatic rings. The summed E-state index contributed by atoms with van der Waals surface area (Å²) in [6.45, 7) is 0.288. The lowest BCUT2D eigenvalue weighted by Gasteiger charge is -2.59. The first-order valence-corrected chi connectivity index (χ1v) is 13.0. The molecular weight excluding hydrogens is 446 g/mol. The molecule has 1 aromatic carbocycles. The minimum Gasteiger partial charge on any atom is -0.395 e. The summed E-state index contributed by atoms with van der Waals surface area (Å²) in [6, 6.07) is 7.83. The molecule has 5 saturated carbocycles. The first-order chi connectivity index (χ1) is 15.4. The molecule has 5 aliphatic rings. The highest BCUT2D eigenvalue weighted by molar-refractivity contribution is 7.97. The van der Waals surface area contributed by atoms with Crippen LogP contribution in [0.25, 0.3) is 0 Å². The van der Waals surface area contributed by atoms with Gasteiger partial charge >= 0.3 is 0 Å². The number of carbonyl (C=O) groups excluding carboxylic acids is 2. The van der Waals surface area contributed by atoms with Crippen LogP contribution in [0, 0.1) is 23.2 Å². The molecule has 174 valence electrons. The van der Waals surface area contributed by atoms with Crippen LogP contribution < -0.4 is 15.4 Å². The molecule has 6 nitrogen and oxygen atoms in total. The highest BCUT2D eigenvalue weighted by atomic mass is 35.5. The van der Waals surface area contributed by atoms with Crippen molar-refractivity contribution in [3.63, 3.8) is 0 Å². The number of aliphatic hydroxyl groups is 1. The zero-order chi connectivity index (χ0) is 22.3. The molecule has 4 N–H and O–H groups in total. The van der Waals surface area contributed by atoms with Crippen LogP contribution >= 0.6 is 23.5 Å². The van der Waals surface area contributed by atoms with Gasteiger partial charge < -0.3 is 15.7 Å². The molecule has 5 aliphatic carbocycles. The Balaban J connectivity index is 1.25. The van der Waals surface area contributed by atoms with Gasteiger partial charge in [0, 0.05) is 17.5 Å². The molecule has 0 aromatic heterocycles. The lowest BCUT2D eigenvalue weighted by Crippen LogP contribution is -2.67. The Kier molecular flexibility index (Phi) is 6.20. The number of rotatable bonds is 8. The molecule has 2 unspecified atom stereocenters. The van der Waals surface area contributed by atoms with Gasteiger partial charge in [-0.05, 0) is 93.2 Å². The number of benzene rings is 1. The van der Waals surface area contributed by atoms with Crippen molar-refractivity contribution in [2.75, 3.05) is 13.2 Å². The van der Waals surface area contributed by atoms with Crippen LogP contribution in [-0.4, -0.2) is 41.7 Å². The molecule has 32 heavy (non-hydrogen) atoms. The van der Waals surface area contributed by atoms with Crippen molar-refractivity contribution < 1.29 is 14.7 Å². The van der Waals surface area contributed by atoms with Crippen LogP contribution in [0.15, 0.2) is 29.2 Å². The third kappa shape index (κ3) is 3.95. The topological polar surface area (TPSA) is 90.5 Å². The van der Waals surface area contributed by atoms with Crippen molar-refractivity contribution >= 4 is 35.4 Å². The zero-order valence-electron chi connectivity index (χ0n) is 18.2. The van der Waals surface area contributed by atoms with Gasteiger partial charge in [-0.15, -0.1) is 0 Å². The van der Waals surface area contributed by atoms with Crippen molar-refractivity contribution in [2.24, 2.45) is 23.2 Å². The fourth-order valence-corrected chi connectivity index (χ4v) is 7.94. The number of hydrogen-bond donors (Lipinski definition) is 4. The molecule has 4 bridgehead atoms. The maximum absolute atomic E-state index is 13.5. The van der Waals surface area contributed by atoms with Crippen molar-refractivity contribution in [2.45, 2.75) is 67.8 Å². The average Bonchev–Trinajstić information content (AvgIpc) is 2.74. The summed E-state index contributed by atoms with van der Waals surface area (Å²) in [5.74, 6) is 1.49. The molecule has 0 radical (unpaired) electrons. The van der Waals surface area contributed by atoms with E-state index in [1.807, 2.05) is 24.3 Å². The second kappa shape index (κ2) is 8.82. The van der Waals surface area contributed by atoms with Gasteiger partial charge in [0.1, 0.15) is 5.54 Å². The van der Waals surface area contributed by atoms with E-state index in [1.54, 1.807) is 0 Å². The maximum atomic E-state index is 13.5. The van der Waals surface area contributed by atoms with Gasteiger partial charge in [0.25, 0.3) is 0 Å². The van der Waals surface area contributed by atoms with E-state index >= 15 is 0 Å². The third-order valence-corrected chi connectivity index (χ3v) is 9.80.